The quantitative estimate of drug-likeness (QED) is 0.630. The normalized spacial score (nSPS) is 23.5. The maximum absolute atomic E-state index is 14.3. The second-order valence-electron chi connectivity index (χ2n) is 9.27. The molecule has 3 fully saturated rings. The van der Waals surface area contributed by atoms with E-state index in [1.807, 2.05) is 11.8 Å². The fourth-order valence-electron chi connectivity index (χ4n) is 4.79. The Morgan fingerprint density at radius 3 is 2.42 bits per heavy atom. The number of hydrogen-bond donors (Lipinski definition) is 1. The Hall–Kier alpha value is -2.18. The number of likely N-dealkylation sites (tertiary alicyclic amines) is 1. The number of nitrogens with zero attached hydrogens (tertiary/aromatic N) is 1. The Labute approximate surface area is 182 Å². The van der Waals surface area contributed by atoms with Gasteiger partial charge in [0, 0.05) is 37.7 Å². The van der Waals surface area contributed by atoms with Crippen molar-refractivity contribution in [2.45, 2.75) is 64.3 Å². The summed E-state index contributed by atoms with van der Waals surface area (Å²) in [4.78, 5) is 26.0. The highest BCUT2D eigenvalue weighted by Gasteiger charge is 2.43. The van der Waals surface area contributed by atoms with Crippen LogP contribution in [-0.4, -0.2) is 42.5 Å². The third-order valence-corrected chi connectivity index (χ3v) is 6.85. The number of benzene rings is 1. The van der Waals surface area contributed by atoms with Crippen molar-refractivity contribution in [1.29, 1.82) is 0 Å². The lowest BCUT2D eigenvalue weighted by Crippen LogP contribution is -2.38. The molecule has 3 aliphatic rings. The molecule has 1 N–H and O–H groups in total. The second kappa shape index (κ2) is 9.53. The average Bonchev–Trinajstić information content (AvgIpc) is 3.65. The lowest BCUT2D eigenvalue weighted by atomic mass is 9.90. The van der Waals surface area contributed by atoms with Gasteiger partial charge in [0.2, 0.25) is 5.91 Å². The van der Waals surface area contributed by atoms with E-state index in [4.69, 9.17) is 4.74 Å². The van der Waals surface area contributed by atoms with Crippen LogP contribution >= 0.6 is 0 Å². The zero-order valence-corrected chi connectivity index (χ0v) is 18.2. The molecule has 0 aromatic heterocycles. The Bertz CT molecular complexity index is 796. The highest BCUT2D eigenvalue weighted by atomic mass is 19.1. The molecule has 2 atom stereocenters. The summed E-state index contributed by atoms with van der Waals surface area (Å²) in [6.45, 7) is 4.16. The molecule has 1 heterocycles. The van der Waals surface area contributed by atoms with Gasteiger partial charge in [-0.2, -0.15) is 0 Å². The summed E-state index contributed by atoms with van der Waals surface area (Å²) in [6.07, 6.45) is 7.40. The van der Waals surface area contributed by atoms with Gasteiger partial charge in [-0.05, 0) is 62.7 Å². The number of amides is 2. The average molecular weight is 435 g/mol. The van der Waals surface area contributed by atoms with Gasteiger partial charge in [-0.1, -0.05) is 6.92 Å². The van der Waals surface area contributed by atoms with E-state index in [0.29, 0.717) is 30.8 Å². The highest BCUT2D eigenvalue weighted by molar-refractivity contribution is 5.95. The third-order valence-electron chi connectivity index (χ3n) is 6.85. The molecular weight excluding hydrogens is 402 g/mol. The van der Waals surface area contributed by atoms with Gasteiger partial charge < -0.3 is 15.0 Å². The van der Waals surface area contributed by atoms with Crippen molar-refractivity contribution in [3.63, 3.8) is 0 Å². The molecule has 31 heavy (non-hydrogen) atoms. The van der Waals surface area contributed by atoms with E-state index < -0.39 is 23.1 Å². The minimum absolute atomic E-state index is 0.0396. The van der Waals surface area contributed by atoms with Gasteiger partial charge in [-0.15, -0.1) is 0 Å². The number of nitrogens with one attached hydrogen (secondary N) is 1. The summed E-state index contributed by atoms with van der Waals surface area (Å²) in [7, 11) is 0. The fourth-order valence-corrected chi connectivity index (χ4v) is 4.79. The molecule has 1 aliphatic heterocycles. The zero-order valence-electron chi connectivity index (χ0n) is 18.2. The van der Waals surface area contributed by atoms with Gasteiger partial charge in [0.05, 0.1) is 6.61 Å². The SMILES string of the molecule is CCCC(=O)N1CCC([C@H]2CC2CCOc2cc(F)c(C(=O)NC3CC3)c(F)c2)CC1. The van der Waals surface area contributed by atoms with Crippen LogP contribution in [0.3, 0.4) is 0 Å². The Morgan fingerprint density at radius 1 is 1.13 bits per heavy atom. The standard InChI is InChI=1S/C24H32F2N2O3/c1-2-3-22(29)28-9-6-15(7-10-28)19-12-16(19)8-11-31-18-13-20(25)23(21(26)14-18)24(30)27-17-4-5-17/h13-17,19H,2-12H2,1H3,(H,27,30)/t16?,19-/m1/s1. The first-order chi connectivity index (χ1) is 15.0. The van der Waals surface area contributed by atoms with Crippen LogP contribution in [0.1, 0.15) is 68.6 Å². The molecule has 4 rings (SSSR count). The van der Waals surface area contributed by atoms with Crippen LogP contribution < -0.4 is 10.1 Å². The molecule has 0 radical (unpaired) electrons. The first kappa shape index (κ1) is 22.0. The molecule has 5 nitrogen and oxygen atoms in total. The van der Waals surface area contributed by atoms with E-state index in [2.05, 4.69) is 5.32 Å². The van der Waals surface area contributed by atoms with Crippen LogP contribution in [-0.2, 0) is 4.79 Å². The van der Waals surface area contributed by atoms with Crippen LogP contribution in [0.15, 0.2) is 12.1 Å². The Balaban J connectivity index is 1.19. The molecule has 0 bridgehead atoms. The van der Waals surface area contributed by atoms with Crippen molar-refractivity contribution in [3.8, 4) is 5.75 Å². The topological polar surface area (TPSA) is 58.6 Å². The van der Waals surface area contributed by atoms with Crippen molar-refractivity contribution in [2.24, 2.45) is 17.8 Å². The van der Waals surface area contributed by atoms with Crippen LogP contribution in [0, 0.1) is 29.4 Å². The van der Waals surface area contributed by atoms with Crippen LogP contribution in [0.5, 0.6) is 5.75 Å². The zero-order chi connectivity index (χ0) is 22.0. The van der Waals surface area contributed by atoms with Crippen molar-refractivity contribution in [1.82, 2.24) is 10.2 Å². The van der Waals surface area contributed by atoms with E-state index in [0.717, 1.165) is 63.7 Å². The van der Waals surface area contributed by atoms with Crippen LogP contribution in [0.25, 0.3) is 0 Å². The number of halogens is 2. The summed E-state index contributed by atoms with van der Waals surface area (Å²) >= 11 is 0. The summed E-state index contributed by atoms with van der Waals surface area (Å²) in [6, 6.07) is 2.23. The summed E-state index contributed by atoms with van der Waals surface area (Å²) < 4.78 is 34.1. The number of piperidine rings is 1. The Kier molecular flexibility index (Phi) is 6.77. The maximum Gasteiger partial charge on any atom is 0.257 e. The minimum Gasteiger partial charge on any atom is -0.493 e. The van der Waals surface area contributed by atoms with Gasteiger partial charge in [0.25, 0.3) is 5.91 Å². The smallest absolute Gasteiger partial charge is 0.257 e. The number of ether oxygens (including phenoxy) is 1. The largest absolute Gasteiger partial charge is 0.493 e. The molecule has 1 aromatic rings. The number of carbonyl (C=O) groups is 2. The van der Waals surface area contributed by atoms with E-state index >= 15 is 0 Å². The van der Waals surface area contributed by atoms with Gasteiger partial charge >= 0.3 is 0 Å². The molecule has 0 spiro atoms. The predicted octanol–water partition coefficient (Wildman–Crippen LogP) is 4.30. The van der Waals surface area contributed by atoms with Crippen molar-refractivity contribution in [3.05, 3.63) is 29.3 Å². The van der Waals surface area contributed by atoms with Gasteiger partial charge in [0.1, 0.15) is 22.9 Å². The van der Waals surface area contributed by atoms with E-state index in [9.17, 15) is 18.4 Å². The number of hydrogen-bond acceptors (Lipinski definition) is 3. The first-order valence-electron chi connectivity index (χ1n) is 11.7. The number of rotatable bonds is 9. The summed E-state index contributed by atoms with van der Waals surface area (Å²) in [5, 5.41) is 2.61. The van der Waals surface area contributed by atoms with Crippen LogP contribution in [0.4, 0.5) is 8.78 Å². The van der Waals surface area contributed by atoms with E-state index in [1.165, 1.54) is 6.42 Å². The molecule has 7 heteroatoms. The summed E-state index contributed by atoms with van der Waals surface area (Å²) in [5.41, 5.74) is -0.537. The predicted molar refractivity (Wildman–Crippen MR) is 113 cm³/mol. The van der Waals surface area contributed by atoms with Gasteiger partial charge in [-0.3, -0.25) is 9.59 Å². The van der Waals surface area contributed by atoms with Gasteiger partial charge in [0.15, 0.2) is 0 Å². The fraction of sp³-hybridized carbons (Fsp3) is 0.667. The highest BCUT2D eigenvalue weighted by Crippen LogP contribution is 2.49. The van der Waals surface area contributed by atoms with E-state index in [1.54, 1.807) is 0 Å². The molecule has 2 saturated carbocycles. The molecule has 2 amide bonds. The second-order valence-corrected chi connectivity index (χ2v) is 9.27. The van der Waals surface area contributed by atoms with Crippen molar-refractivity contribution < 1.29 is 23.1 Å². The molecule has 2 aliphatic carbocycles. The van der Waals surface area contributed by atoms with Gasteiger partial charge in [-0.25, -0.2) is 8.78 Å². The lowest BCUT2D eigenvalue weighted by molar-refractivity contribution is -0.132. The molecular formula is C24H32F2N2O3. The van der Waals surface area contributed by atoms with Crippen molar-refractivity contribution in [2.75, 3.05) is 19.7 Å². The molecule has 1 unspecified atom stereocenters. The van der Waals surface area contributed by atoms with Crippen molar-refractivity contribution >= 4 is 11.8 Å². The third kappa shape index (κ3) is 5.55. The monoisotopic (exact) mass is 434 g/mol. The molecule has 170 valence electrons. The summed E-state index contributed by atoms with van der Waals surface area (Å²) in [5.74, 6) is -0.156. The minimum atomic E-state index is -0.887. The molecule has 1 saturated heterocycles. The maximum atomic E-state index is 14.3. The molecule has 1 aromatic carbocycles. The number of carbonyl (C=O) groups excluding carboxylic acids is 2. The first-order valence-corrected chi connectivity index (χ1v) is 11.7. The lowest BCUT2D eigenvalue weighted by Gasteiger charge is -2.32. The Morgan fingerprint density at radius 2 is 1.81 bits per heavy atom. The van der Waals surface area contributed by atoms with Crippen LogP contribution in [0.2, 0.25) is 0 Å². The van der Waals surface area contributed by atoms with E-state index in [-0.39, 0.29) is 17.7 Å².